The summed E-state index contributed by atoms with van der Waals surface area (Å²) in [5.41, 5.74) is 1.93. The zero-order valence-corrected chi connectivity index (χ0v) is 15.4. The number of anilines is 1. The van der Waals surface area contributed by atoms with Gasteiger partial charge in [0.1, 0.15) is 5.52 Å². The topological polar surface area (TPSA) is 132 Å². The summed E-state index contributed by atoms with van der Waals surface area (Å²) in [6.45, 7) is 0. The fourth-order valence-corrected chi connectivity index (χ4v) is 3.86. The van der Waals surface area contributed by atoms with Crippen molar-refractivity contribution in [3.8, 4) is 11.1 Å². The van der Waals surface area contributed by atoms with Gasteiger partial charge in [-0.1, -0.05) is 24.3 Å². The van der Waals surface area contributed by atoms with Crippen LogP contribution in [0.5, 0.6) is 0 Å². The van der Waals surface area contributed by atoms with E-state index in [4.69, 9.17) is 0 Å². The molecule has 2 aromatic carbocycles. The average Bonchev–Trinajstić information content (AvgIpc) is 3.07. The summed E-state index contributed by atoms with van der Waals surface area (Å²) in [5, 5.41) is 10.3. The zero-order valence-electron chi connectivity index (χ0n) is 14.6. The Morgan fingerprint density at radius 2 is 1.89 bits per heavy atom. The second-order valence-electron chi connectivity index (χ2n) is 6.39. The Labute approximate surface area is 158 Å². The molecule has 0 aliphatic rings. The maximum atomic E-state index is 12.2. The minimum atomic E-state index is -3.48. The number of H-pyrrole nitrogens is 2. The van der Waals surface area contributed by atoms with Crippen LogP contribution in [0.1, 0.15) is 10.4 Å². The molecule has 4 rings (SSSR count). The fourth-order valence-electron chi connectivity index (χ4n) is 3.29. The van der Waals surface area contributed by atoms with Gasteiger partial charge in [0, 0.05) is 28.0 Å². The molecule has 0 amide bonds. The van der Waals surface area contributed by atoms with Crippen molar-refractivity contribution in [1.29, 1.82) is 0 Å². The largest absolute Gasteiger partial charge is 0.478 e. The molecule has 0 unspecified atom stereocenters. The third-order valence-electron chi connectivity index (χ3n) is 4.41. The number of aromatic nitrogens is 2. The Kier molecular flexibility index (Phi) is 3.97. The van der Waals surface area contributed by atoms with E-state index in [0.717, 1.165) is 6.26 Å². The number of carboxylic acid groups (broad SMARTS) is 1. The first kappa shape index (κ1) is 17.8. The number of pyridine rings is 1. The SMILES string of the molecule is CS(=O)(=O)Nc1ccccc1-c1ccc2[nH]c(=O)c3[nH]cc(C(=O)O)c3c2c1. The van der Waals surface area contributed by atoms with E-state index in [1.54, 1.807) is 42.5 Å². The molecule has 142 valence electrons. The lowest BCUT2D eigenvalue weighted by atomic mass is 9.99. The van der Waals surface area contributed by atoms with E-state index in [9.17, 15) is 23.1 Å². The number of rotatable bonds is 4. The summed E-state index contributed by atoms with van der Waals surface area (Å²) < 4.78 is 25.8. The molecular weight excluding hydrogens is 382 g/mol. The summed E-state index contributed by atoms with van der Waals surface area (Å²) in [6.07, 6.45) is 2.35. The van der Waals surface area contributed by atoms with Crippen molar-refractivity contribution in [3.63, 3.8) is 0 Å². The highest BCUT2D eigenvalue weighted by molar-refractivity contribution is 7.92. The molecule has 4 aromatic rings. The summed E-state index contributed by atoms with van der Waals surface area (Å²) >= 11 is 0. The molecular formula is C19H15N3O5S. The van der Waals surface area contributed by atoms with Crippen LogP contribution >= 0.6 is 0 Å². The van der Waals surface area contributed by atoms with E-state index < -0.39 is 21.6 Å². The van der Waals surface area contributed by atoms with E-state index in [1.807, 2.05) is 0 Å². The van der Waals surface area contributed by atoms with Crippen LogP contribution in [0.3, 0.4) is 0 Å². The van der Waals surface area contributed by atoms with Crippen LogP contribution in [0.25, 0.3) is 32.9 Å². The number of carbonyl (C=O) groups is 1. The van der Waals surface area contributed by atoms with Gasteiger partial charge >= 0.3 is 5.97 Å². The molecule has 0 radical (unpaired) electrons. The maximum absolute atomic E-state index is 12.2. The number of aromatic carboxylic acids is 1. The number of nitrogens with one attached hydrogen (secondary N) is 3. The molecule has 8 nitrogen and oxygen atoms in total. The number of para-hydroxylation sites is 1. The lowest BCUT2D eigenvalue weighted by molar-refractivity contribution is 0.0699. The van der Waals surface area contributed by atoms with Gasteiger partial charge < -0.3 is 15.1 Å². The smallest absolute Gasteiger partial charge is 0.337 e. The molecule has 0 fully saturated rings. The monoisotopic (exact) mass is 397 g/mol. The Morgan fingerprint density at radius 3 is 2.61 bits per heavy atom. The van der Waals surface area contributed by atoms with E-state index in [1.165, 1.54) is 6.20 Å². The molecule has 0 saturated carbocycles. The van der Waals surface area contributed by atoms with Crippen LogP contribution in [0.2, 0.25) is 0 Å². The number of hydrogen-bond donors (Lipinski definition) is 4. The van der Waals surface area contributed by atoms with E-state index in [0.29, 0.717) is 33.1 Å². The van der Waals surface area contributed by atoms with Gasteiger partial charge in [0.05, 0.1) is 17.5 Å². The van der Waals surface area contributed by atoms with Crippen LogP contribution in [-0.2, 0) is 10.0 Å². The molecule has 0 spiro atoms. The number of fused-ring (bicyclic) bond motifs is 3. The lowest BCUT2D eigenvalue weighted by Gasteiger charge is -2.12. The average molecular weight is 397 g/mol. The third-order valence-corrected chi connectivity index (χ3v) is 5.00. The summed E-state index contributed by atoms with van der Waals surface area (Å²) in [4.78, 5) is 29.3. The maximum Gasteiger partial charge on any atom is 0.337 e. The van der Waals surface area contributed by atoms with E-state index in [2.05, 4.69) is 14.7 Å². The fraction of sp³-hybridized carbons (Fsp3) is 0.0526. The second-order valence-corrected chi connectivity index (χ2v) is 8.14. The summed E-state index contributed by atoms with van der Waals surface area (Å²) in [6, 6.07) is 12.0. The highest BCUT2D eigenvalue weighted by atomic mass is 32.2. The van der Waals surface area contributed by atoms with Crippen molar-refractivity contribution in [2.45, 2.75) is 0 Å². The first-order valence-electron chi connectivity index (χ1n) is 8.22. The quantitative estimate of drug-likeness (QED) is 0.420. The number of carboxylic acids is 1. The van der Waals surface area contributed by atoms with Crippen molar-refractivity contribution in [2.24, 2.45) is 0 Å². The second kappa shape index (κ2) is 6.24. The van der Waals surface area contributed by atoms with Crippen LogP contribution in [0, 0.1) is 0 Å². The van der Waals surface area contributed by atoms with Gasteiger partial charge in [-0.3, -0.25) is 9.52 Å². The van der Waals surface area contributed by atoms with Crippen molar-refractivity contribution >= 4 is 43.5 Å². The predicted molar refractivity (Wildman–Crippen MR) is 107 cm³/mol. The predicted octanol–water partition coefficient (Wildman–Crippen LogP) is 2.75. The molecule has 0 bridgehead atoms. The highest BCUT2D eigenvalue weighted by Crippen LogP contribution is 2.33. The van der Waals surface area contributed by atoms with Gasteiger partial charge in [0.15, 0.2) is 0 Å². The normalized spacial score (nSPS) is 11.8. The molecule has 2 aromatic heterocycles. The Balaban J connectivity index is 2.03. The van der Waals surface area contributed by atoms with Crippen LogP contribution < -0.4 is 10.3 Å². The van der Waals surface area contributed by atoms with Crippen molar-refractivity contribution in [1.82, 2.24) is 9.97 Å². The lowest BCUT2D eigenvalue weighted by Crippen LogP contribution is -2.10. The van der Waals surface area contributed by atoms with Crippen molar-refractivity contribution in [2.75, 3.05) is 11.0 Å². The minimum absolute atomic E-state index is 0.00852. The minimum Gasteiger partial charge on any atom is -0.478 e. The number of aromatic amines is 2. The van der Waals surface area contributed by atoms with Crippen molar-refractivity contribution in [3.05, 3.63) is 64.6 Å². The number of benzene rings is 2. The van der Waals surface area contributed by atoms with Crippen LogP contribution in [0.4, 0.5) is 5.69 Å². The van der Waals surface area contributed by atoms with Crippen LogP contribution in [0.15, 0.2) is 53.5 Å². The first-order valence-corrected chi connectivity index (χ1v) is 10.1. The van der Waals surface area contributed by atoms with Gasteiger partial charge in [0.2, 0.25) is 10.0 Å². The molecule has 9 heteroatoms. The standard InChI is InChI=1S/C19H15N3O5S/c1-28(26,27)22-15-5-3-2-4-11(15)10-6-7-14-12(8-10)16-13(19(24)25)9-20-17(16)18(23)21-14/h2-9,20,22H,1H3,(H,21,23)(H,24,25). The highest BCUT2D eigenvalue weighted by Gasteiger charge is 2.17. The number of hydrogen-bond acceptors (Lipinski definition) is 4. The molecule has 0 atom stereocenters. The Hall–Kier alpha value is -3.59. The molecule has 2 heterocycles. The van der Waals surface area contributed by atoms with Gasteiger partial charge in [-0.05, 0) is 23.8 Å². The van der Waals surface area contributed by atoms with Gasteiger partial charge in [-0.2, -0.15) is 0 Å². The van der Waals surface area contributed by atoms with Gasteiger partial charge in [-0.25, -0.2) is 13.2 Å². The molecule has 0 saturated heterocycles. The van der Waals surface area contributed by atoms with Gasteiger partial charge in [-0.15, -0.1) is 0 Å². The number of sulfonamides is 1. The van der Waals surface area contributed by atoms with Crippen LogP contribution in [-0.4, -0.2) is 35.7 Å². The molecule has 0 aliphatic carbocycles. The Morgan fingerprint density at radius 1 is 1.14 bits per heavy atom. The third kappa shape index (κ3) is 3.01. The van der Waals surface area contributed by atoms with Gasteiger partial charge in [0.25, 0.3) is 5.56 Å². The summed E-state index contributed by atoms with van der Waals surface area (Å²) in [5.74, 6) is -1.15. The molecule has 4 N–H and O–H groups in total. The van der Waals surface area contributed by atoms with Crippen molar-refractivity contribution < 1.29 is 18.3 Å². The zero-order chi connectivity index (χ0) is 20.1. The molecule has 28 heavy (non-hydrogen) atoms. The van der Waals surface area contributed by atoms with E-state index in [-0.39, 0.29) is 11.1 Å². The molecule has 0 aliphatic heterocycles. The summed E-state index contributed by atoms with van der Waals surface area (Å²) in [7, 11) is -3.48. The first-order chi connectivity index (χ1) is 13.2. The Bertz CT molecular complexity index is 1420. The van der Waals surface area contributed by atoms with E-state index >= 15 is 0 Å².